The maximum Gasteiger partial charge on any atom is 0.257 e. The van der Waals surface area contributed by atoms with Crippen molar-refractivity contribution in [1.29, 1.82) is 0 Å². The number of carbonyl (C=O) groups is 2. The van der Waals surface area contributed by atoms with Gasteiger partial charge in [0.1, 0.15) is 10.8 Å². The summed E-state index contributed by atoms with van der Waals surface area (Å²) in [4.78, 5) is 24.0. The van der Waals surface area contributed by atoms with Crippen LogP contribution >= 0.6 is 11.3 Å². The molecular formula is C19H17N5O3S. The van der Waals surface area contributed by atoms with E-state index in [9.17, 15) is 9.59 Å². The molecule has 0 saturated heterocycles. The van der Waals surface area contributed by atoms with E-state index in [4.69, 9.17) is 4.74 Å². The van der Waals surface area contributed by atoms with E-state index < -0.39 is 0 Å². The van der Waals surface area contributed by atoms with Gasteiger partial charge in [-0.3, -0.25) is 14.9 Å². The summed E-state index contributed by atoms with van der Waals surface area (Å²) in [6, 6.07) is 16.0. The first-order valence-electron chi connectivity index (χ1n) is 8.29. The highest BCUT2D eigenvalue weighted by Gasteiger charge is 2.12. The van der Waals surface area contributed by atoms with Crippen molar-refractivity contribution >= 4 is 34.5 Å². The molecule has 0 aliphatic heterocycles. The van der Waals surface area contributed by atoms with Gasteiger partial charge >= 0.3 is 0 Å². The first-order chi connectivity index (χ1) is 13.6. The van der Waals surface area contributed by atoms with Crippen molar-refractivity contribution in [3.63, 3.8) is 0 Å². The number of amides is 2. The van der Waals surface area contributed by atoms with Crippen LogP contribution in [0.2, 0.25) is 0 Å². The van der Waals surface area contributed by atoms with Gasteiger partial charge in [0, 0.05) is 5.56 Å². The van der Waals surface area contributed by atoms with Crippen molar-refractivity contribution < 1.29 is 14.3 Å². The molecule has 0 atom stereocenters. The molecule has 2 aromatic carbocycles. The van der Waals surface area contributed by atoms with Gasteiger partial charge in [0.2, 0.25) is 11.0 Å². The average Bonchev–Trinajstić information content (AvgIpc) is 3.15. The summed E-state index contributed by atoms with van der Waals surface area (Å²) in [6.07, 6.45) is 1.54. The maximum absolute atomic E-state index is 12.1. The van der Waals surface area contributed by atoms with Crippen LogP contribution in [0.3, 0.4) is 0 Å². The molecule has 0 aliphatic rings. The highest BCUT2D eigenvalue weighted by molar-refractivity contribution is 7.15. The van der Waals surface area contributed by atoms with E-state index in [1.807, 2.05) is 18.2 Å². The Labute approximate surface area is 165 Å². The van der Waals surface area contributed by atoms with Gasteiger partial charge in [-0.2, -0.15) is 5.10 Å². The van der Waals surface area contributed by atoms with Crippen LogP contribution < -0.4 is 15.5 Å². The number of nitrogens with one attached hydrogen (secondary N) is 2. The Morgan fingerprint density at radius 1 is 1.11 bits per heavy atom. The first kappa shape index (κ1) is 19.2. The number of aromatic nitrogens is 2. The highest BCUT2D eigenvalue weighted by atomic mass is 32.1. The minimum Gasteiger partial charge on any atom is -0.497 e. The standard InChI is InChI=1S/C19H17N5O3S/c1-27-15-9-7-13(8-10-15)12-20-22-16(25)11-17-23-24-19(28-17)21-18(26)14-5-3-2-4-6-14/h2-10,12H,11H2,1H3,(H,22,25)(H,21,24,26). The molecule has 0 unspecified atom stereocenters. The number of hydrogen-bond acceptors (Lipinski definition) is 7. The molecule has 2 N–H and O–H groups in total. The molecule has 28 heavy (non-hydrogen) atoms. The average molecular weight is 395 g/mol. The highest BCUT2D eigenvalue weighted by Crippen LogP contribution is 2.16. The van der Waals surface area contributed by atoms with Crippen molar-refractivity contribution in [2.75, 3.05) is 12.4 Å². The normalized spacial score (nSPS) is 10.6. The molecule has 2 amide bonds. The Balaban J connectivity index is 1.49. The number of carbonyl (C=O) groups excluding carboxylic acids is 2. The fourth-order valence-corrected chi connectivity index (χ4v) is 2.91. The van der Waals surface area contributed by atoms with Crippen molar-refractivity contribution in [1.82, 2.24) is 15.6 Å². The van der Waals surface area contributed by atoms with Crippen LogP contribution in [0.1, 0.15) is 20.9 Å². The fraction of sp³-hybridized carbons (Fsp3) is 0.105. The first-order valence-corrected chi connectivity index (χ1v) is 9.10. The molecule has 0 bridgehead atoms. The summed E-state index contributed by atoms with van der Waals surface area (Å²) in [5.74, 6) is 0.131. The van der Waals surface area contributed by atoms with Crippen molar-refractivity contribution in [2.45, 2.75) is 6.42 Å². The molecule has 0 aliphatic carbocycles. The molecular weight excluding hydrogens is 378 g/mol. The van der Waals surface area contributed by atoms with E-state index in [0.717, 1.165) is 22.6 Å². The Kier molecular flexibility index (Phi) is 6.42. The summed E-state index contributed by atoms with van der Waals surface area (Å²) in [5, 5.41) is 15.2. The molecule has 8 nitrogen and oxygen atoms in total. The number of rotatable bonds is 7. The monoisotopic (exact) mass is 395 g/mol. The smallest absolute Gasteiger partial charge is 0.257 e. The van der Waals surface area contributed by atoms with Crippen LogP contribution in [0.4, 0.5) is 5.13 Å². The van der Waals surface area contributed by atoms with Crippen molar-refractivity contribution in [3.05, 3.63) is 70.7 Å². The van der Waals surface area contributed by atoms with Crippen LogP contribution in [-0.4, -0.2) is 35.3 Å². The minimum atomic E-state index is -0.332. The number of anilines is 1. The number of benzene rings is 2. The summed E-state index contributed by atoms with van der Waals surface area (Å²) in [7, 11) is 1.59. The third-order valence-electron chi connectivity index (χ3n) is 3.55. The Morgan fingerprint density at radius 2 is 1.86 bits per heavy atom. The largest absolute Gasteiger partial charge is 0.497 e. The summed E-state index contributed by atoms with van der Waals surface area (Å²) in [5.41, 5.74) is 3.78. The lowest BCUT2D eigenvalue weighted by molar-refractivity contribution is -0.120. The zero-order valence-electron chi connectivity index (χ0n) is 15.0. The second-order valence-corrected chi connectivity index (χ2v) is 6.63. The van der Waals surface area contributed by atoms with Crippen molar-refractivity contribution in [2.24, 2.45) is 5.10 Å². The zero-order valence-corrected chi connectivity index (χ0v) is 15.8. The molecule has 3 aromatic rings. The van der Waals surface area contributed by atoms with Gasteiger partial charge in [0.15, 0.2) is 0 Å². The van der Waals surface area contributed by atoms with Gasteiger partial charge in [0.05, 0.1) is 19.7 Å². The molecule has 3 rings (SSSR count). The summed E-state index contributed by atoms with van der Waals surface area (Å²) >= 11 is 1.14. The number of hydrazone groups is 1. The molecule has 1 heterocycles. The van der Waals surface area contributed by atoms with Crippen LogP contribution in [0.25, 0.3) is 0 Å². The Bertz CT molecular complexity index is 971. The number of ether oxygens (including phenoxy) is 1. The van der Waals surface area contributed by atoms with Gasteiger partial charge in [-0.1, -0.05) is 29.5 Å². The number of nitrogens with zero attached hydrogens (tertiary/aromatic N) is 3. The molecule has 142 valence electrons. The van der Waals surface area contributed by atoms with E-state index in [2.05, 4.69) is 26.0 Å². The SMILES string of the molecule is COc1ccc(C=NNC(=O)Cc2nnc(NC(=O)c3ccccc3)s2)cc1. The van der Waals surface area contributed by atoms with Gasteiger partial charge in [-0.05, 0) is 42.0 Å². The third-order valence-corrected chi connectivity index (χ3v) is 4.39. The number of hydrogen-bond donors (Lipinski definition) is 2. The second-order valence-electron chi connectivity index (χ2n) is 5.56. The molecule has 0 fully saturated rings. The molecule has 1 aromatic heterocycles. The van der Waals surface area contributed by atoms with Gasteiger partial charge in [0.25, 0.3) is 5.91 Å². The van der Waals surface area contributed by atoms with E-state index in [0.29, 0.717) is 15.7 Å². The Morgan fingerprint density at radius 3 is 2.57 bits per heavy atom. The summed E-state index contributed by atoms with van der Waals surface area (Å²) < 4.78 is 5.08. The molecule has 0 saturated carbocycles. The lowest BCUT2D eigenvalue weighted by Gasteiger charge is -2.00. The van der Waals surface area contributed by atoms with Crippen LogP contribution in [0.5, 0.6) is 5.75 Å². The van der Waals surface area contributed by atoms with E-state index in [-0.39, 0.29) is 18.2 Å². The van der Waals surface area contributed by atoms with Crippen LogP contribution in [0, 0.1) is 0 Å². The third kappa shape index (κ3) is 5.45. The van der Waals surface area contributed by atoms with Crippen molar-refractivity contribution in [3.8, 4) is 5.75 Å². The van der Waals surface area contributed by atoms with E-state index in [1.165, 1.54) is 6.21 Å². The number of methoxy groups -OCH3 is 1. The molecule has 0 spiro atoms. The van der Waals surface area contributed by atoms with Gasteiger partial charge in [-0.15, -0.1) is 10.2 Å². The van der Waals surface area contributed by atoms with Gasteiger partial charge in [-0.25, -0.2) is 5.43 Å². The summed E-state index contributed by atoms with van der Waals surface area (Å²) in [6.45, 7) is 0. The van der Waals surface area contributed by atoms with Crippen LogP contribution in [-0.2, 0) is 11.2 Å². The quantitative estimate of drug-likeness (QED) is 0.472. The maximum atomic E-state index is 12.1. The fourth-order valence-electron chi connectivity index (χ4n) is 2.18. The minimum absolute atomic E-state index is 0.0127. The van der Waals surface area contributed by atoms with E-state index >= 15 is 0 Å². The Hall–Kier alpha value is -3.59. The lowest BCUT2D eigenvalue weighted by Crippen LogP contribution is -2.19. The molecule has 9 heteroatoms. The van der Waals surface area contributed by atoms with E-state index in [1.54, 1.807) is 43.5 Å². The topological polar surface area (TPSA) is 106 Å². The predicted molar refractivity (Wildman–Crippen MR) is 107 cm³/mol. The lowest BCUT2D eigenvalue weighted by atomic mass is 10.2. The predicted octanol–water partition coefficient (Wildman–Crippen LogP) is 2.49. The van der Waals surface area contributed by atoms with Crippen LogP contribution in [0.15, 0.2) is 59.7 Å². The second kappa shape index (κ2) is 9.38. The van der Waals surface area contributed by atoms with Gasteiger partial charge < -0.3 is 4.74 Å². The molecule has 0 radical (unpaired) electrons. The zero-order chi connectivity index (χ0) is 19.8.